The second-order valence-electron chi connectivity index (χ2n) is 7.07. The average Bonchev–Trinajstić information content (AvgIpc) is 2.82. The number of hydrogen-bond acceptors (Lipinski definition) is 3. The van der Waals surface area contributed by atoms with E-state index in [1.165, 1.54) is 0 Å². The van der Waals surface area contributed by atoms with Crippen molar-refractivity contribution >= 4 is 29.9 Å². The zero-order valence-electron chi connectivity index (χ0n) is 15.0. The van der Waals surface area contributed by atoms with E-state index in [9.17, 15) is 0 Å². The Morgan fingerprint density at radius 2 is 2.05 bits per heavy atom. The Balaban J connectivity index is 0.00000441. The van der Waals surface area contributed by atoms with Gasteiger partial charge in [-0.05, 0) is 32.1 Å². The van der Waals surface area contributed by atoms with Crippen molar-refractivity contribution < 1.29 is 9.47 Å². The van der Waals surface area contributed by atoms with Crippen molar-refractivity contribution in [3.63, 3.8) is 0 Å². The van der Waals surface area contributed by atoms with E-state index < -0.39 is 0 Å². The maximum absolute atomic E-state index is 5.78. The first-order chi connectivity index (χ1) is 9.80. The van der Waals surface area contributed by atoms with Crippen molar-refractivity contribution in [1.29, 1.82) is 0 Å². The first-order valence-electron chi connectivity index (χ1n) is 7.99. The summed E-state index contributed by atoms with van der Waals surface area (Å²) in [5, 5.41) is 6.66. The van der Waals surface area contributed by atoms with E-state index in [-0.39, 0.29) is 41.1 Å². The highest BCUT2D eigenvalue weighted by atomic mass is 127. The molecule has 0 bridgehead atoms. The number of halogens is 1. The quantitative estimate of drug-likeness (QED) is 0.389. The minimum absolute atomic E-state index is 0. The van der Waals surface area contributed by atoms with Gasteiger partial charge in [-0.1, -0.05) is 20.8 Å². The van der Waals surface area contributed by atoms with E-state index in [0.717, 1.165) is 38.5 Å². The van der Waals surface area contributed by atoms with E-state index in [2.05, 4.69) is 50.2 Å². The van der Waals surface area contributed by atoms with Crippen molar-refractivity contribution in [2.45, 2.75) is 59.2 Å². The summed E-state index contributed by atoms with van der Waals surface area (Å²) in [7, 11) is 1.76. The van der Waals surface area contributed by atoms with Crippen LogP contribution in [0.2, 0.25) is 0 Å². The molecule has 1 saturated heterocycles. The van der Waals surface area contributed by atoms with Crippen molar-refractivity contribution in [3.8, 4) is 0 Å². The number of guanidine groups is 1. The molecule has 0 saturated carbocycles. The summed E-state index contributed by atoms with van der Waals surface area (Å²) in [6.07, 6.45) is 2.35. The minimum Gasteiger partial charge on any atom is -0.379 e. The summed E-state index contributed by atoms with van der Waals surface area (Å²) in [5.74, 6) is 0.834. The molecule has 0 radical (unpaired) electrons. The molecule has 0 aliphatic carbocycles. The molecule has 0 amide bonds. The van der Waals surface area contributed by atoms with Gasteiger partial charge in [0.1, 0.15) is 0 Å². The predicted octanol–water partition coefficient (Wildman–Crippen LogP) is 2.79. The fraction of sp³-hybridized carbons (Fsp3) is 0.938. The largest absolute Gasteiger partial charge is 0.379 e. The lowest BCUT2D eigenvalue weighted by atomic mass is 9.89. The molecular formula is C16H34IN3O2. The summed E-state index contributed by atoms with van der Waals surface area (Å²) >= 11 is 0. The fourth-order valence-corrected chi connectivity index (χ4v) is 2.48. The Hall–Kier alpha value is -0.0800. The number of aliphatic imine (C=N–C) groups is 1. The molecule has 0 aromatic rings. The number of ether oxygens (including phenoxy) is 2. The number of rotatable bonds is 6. The van der Waals surface area contributed by atoms with E-state index >= 15 is 0 Å². The molecule has 1 aliphatic heterocycles. The van der Waals surface area contributed by atoms with Gasteiger partial charge in [0.25, 0.3) is 0 Å². The van der Waals surface area contributed by atoms with Crippen LogP contribution in [0.3, 0.4) is 0 Å². The topological polar surface area (TPSA) is 54.9 Å². The van der Waals surface area contributed by atoms with Gasteiger partial charge in [-0.25, -0.2) is 0 Å². The number of nitrogens with zero attached hydrogens (tertiary/aromatic N) is 1. The molecule has 0 aromatic heterocycles. The maximum atomic E-state index is 5.78. The van der Waals surface area contributed by atoms with Crippen LogP contribution in [-0.4, -0.2) is 51.0 Å². The van der Waals surface area contributed by atoms with Crippen molar-refractivity contribution in [1.82, 2.24) is 10.6 Å². The molecule has 2 N–H and O–H groups in total. The predicted molar refractivity (Wildman–Crippen MR) is 103 cm³/mol. The van der Waals surface area contributed by atoms with Crippen LogP contribution in [0.1, 0.15) is 47.5 Å². The SMILES string of the molecule is CCNC(=NCC1(C)CCCO1)NCC(OC)C(C)(C)C.I. The monoisotopic (exact) mass is 427 g/mol. The first-order valence-corrected chi connectivity index (χ1v) is 7.99. The van der Waals surface area contributed by atoms with Gasteiger partial charge in [-0.15, -0.1) is 24.0 Å². The molecule has 5 nitrogen and oxygen atoms in total. The average molecular weight is 427 g/mol. The molecule has 1 rings (SSSR count). The van der Waals surface area contributed by atoms with E-state index in [4.69, 9.17) is 9.47 Å². The smallest absolute Gasteiger partial charge is 0.191 e. The fourth-order valence-electron chi connectivity index (χ4n) is 2.48. The summed E-state index contributed by atoms with van der Waals surface area (Å²) in [6, 6.07) is 0. The van der Waals surface area contributed by atoms with Gasteiger partial charge in [0.2, 0.25) is 0 Å². The van der Waals surface area contributed by atoms with E-state index in [1.807, 2.05) is 0 Å². The van der Waals surface area contributed by atoms with Crippen LogP contribution >= 0.6 is 24.0 Å². The van der Waals surface area contributed by atoms with Gasteiger partial charge in [0.05, 0.1) is 18.2 Å². The van der Waals surface area contributed by atoms with Crippen LogP contribution in [0.4, 0.5) is 0 Å². The minimum atomic E-state index is -0.104. The van der Waals surface area contributed by atoms with Gasteiger partial charge < -0.3 is 20.1 Å². The second kappa shape index (κ2) is 9.93. The Bertz CT molecular complexity index is 337. The molecule has 0 spiro atoms. The van der Waals surface area contributed by atoms with Crippen molar-refractivity contribution in [3.05, 3.63) is 0 Å². The van der Waals surface area contributed by atoms with Gasteiger partial charge in [-0.2, -0.15) is 0 Å². The molecular weight excluding hydrogens is 393 g/mol. The molecule has 1 heterocycles. The third kappa shape index (κ3) is 7.46. The Labute approximate surface area is 153 Å². The molecule has 132 valence electrons. The third-order valence-electron chi connectivity index (χ3n) is 3.92. The van der Waals surface area contributed by atoms with Gasteiger partial charge >= 0.3 is 0 Å². The first kappa shape index (κ1) is 21.9. The molecule has 6 heteroatoms. The summed E-state index contributed by atoms with van der Waals surface area (Å²) in [4.78, 5) is 4.67. The summed E-state index contributed by atoms with van der Waals surface area (Å²) in [6.45, 7) is 13.9. The van der Waals surface area contributed by atoms with Gasteiger partial charge in [0, 0.05) is 26.8 Å². The number of methoxy groups -OCH3 is 1. The molecule has 2 unspecified atom stereocenters. The highest BCUT2D eigenvalue weighted by Crippen LogP contribution is 2.25. The van der Waals surface area contributed by atoms with Crippen LogP contribution in [0.15, 0.2) is 4.99 Å². The zero-order chi connectivity index (χ0) is 15.9. The Morgan fingerprint density at radius 3 is 2.50 bits per heavy atom. The molecule has 0 aromatic carbocycles. The summed E-state index contributed by atoms with van der Waals surface area (Å²) in [5.41, 5.74) is -0.00729. The van der Waals surface area contributed by atoms with Crippen LogP contribution < -0.4 is 10.6 Å². The van der Waals surface area contributed by atoms with Crippen LogP contribution in [0.5, 0.6) is 0 Å². The van der Waals surface area contributed by atoms with Crippen LogP contribution in [0, 0.1) is 5.41 Å². The lowest BCUT2D eigenvalue weighted by Crippen LogP contribution is -2.46. The standard InChI is InChI=1S/C16H33N3O2.HI/c1-7-17-14(18-11-13(20-6)15(2,3)4)19-12-16(5)9-8-10-21-16;/h13H,7-12H2,1-6H3,(H2,17,18,19);1H. The summed E-state index contributed by atoms with van der Waals surface area (Å²) < 4.78 is 11.4. The van der Waals surface area contributed by atoms with E-state index in [1.54, 1.807) is 7.11 Å². The zero-order valence-corrected chi connectivity index (χ0v) is 17.3. The molecule has 1 aliphatic rings. The number of nitrogens with one attached hydrogen (secondary N) is 2. The molecule has 1 fully saturated rings. The Kier molecular flexibility index (Phi) is 9.89. The second-order valence-corrected chi connectivity index (χ2v) is 7.07. The van der Waals surface area contributed by atoms with Crippen molar-refractivity contribution in [2.75, 3.05) is 33.4 Å². The lowest BCUT2D eigenvalue weighted by Gasteiger charge is -2.30. The highest BCUT2D eigenvalue weighted by Gasteiger charge is 2.29. The maximum Gasteiger partial charge on any atom is 0.191 e. The molecule has 2 atom stereocenters. The Morgan fingerprint density at radius 1 is 1.36 bits per heavy atom. The lowest BCUT2D eigenvalue weighted by molar-refractivity contribution is 0.0202. The highest BCUT2D eigenvalue weighted by molar-refractivity contribution is 14.0. The normalized spacial score (nSPS) is 23.8. The van der Waals surface area contributed by atoms with Crippen LogP contribution in [0.25, 0.3) is 0 Å². The third-order valence-corrected chi connectivity index (χ3v) is 3.92. The van der Waals surface area contributed by atoms with Gasteiger partial charge in [0.15, 0.2) is 5.96 Å². The van der Waals surface area contributed by atoms with Crippen LogP contribution in [-0.2, 0) is 9.47 Å². The van der Waals surface area contributed by atoms with E-state index in [0.29, 0.717) is 6.54 Å². The molecule has 22 heavy (non-hydrogen) atoms. The number of hydrogen-bond donors (Lipinski definition) is 2. The van der Waals surface area contributed by atoms with Gasteiger partial charge in [-0.3, -0.25) is 4.99 Å². The van der Waals surface area contributed by atoms with Crippen molar-refractivity contribution in [2.24, 2.45) is 10.4 Å².